The maximum Gasteiger partial charge on any atom is 0.0640 e. The average molecular weight is 267 g/mol. The standard InChI is InChI=1S/C15H23ClN2/c1-11-6-7-15(14(16)9-11)17-12(2)13-5-4-8-18(3)10-13/h6-7,9,12-13,17H,4-5,8,10H2,1-3H3. The molecule has 1 heterocycles. The first-order valence-electron chi connectivity index (χ1n) is 6.77. The van der Waals surface area contributed by atoms with Crippen LogP contribution in [-0.2, 0) is 0 Å². The summed E-state index contributed by atoms with van der Waals surface area (Å²) in [6, 6.07) is 6.67. The molecule has 0 radical (unpaired) electrons. The predicted molar refractivity (Wildman–Crippen MR) is 79.5 cm³/mol. The molecule has 2 nitrogen and oxygen atoms in total. The van der Waals surface area contributed by atoms with Crippen molar-refractivity contribution in [3.8, 4) is 0 Å². The summed E-state index contributed by atoms with van der Waals surface area (Å²) in [5.41, 5.74) is 2.26. The van der Waals surface area contributed by atoms with Gasteiger partial charge in [-0.3, -0.25) is 0 Å². The zero-order valence-corrected chi connectivity index (χ0v) is 12.3. The molecule has 0 amide bonds. The van der Waals surface area contributed by atoms with Gasteiger partial charge in [-0.05, 0) is 63.9 Å². The fourth-order valence-electron chi connectivity index (χ4n) is 2.71. The fourth-order valence-corrected chi connectivity index (χ4v) is 3.00. The van der Waals surface area contributed by atoms with E-state index in [1.807, 2.05) is 6.07 Å². The molecular weight excluding hydrogens is 244 g/mol. The zero-order valence-electron chi connectivity index (χ0n) is 11.5. The summed E-state index contributed by atoms with van der Waals surface area (Å²) < 4.78 is 0. The molecule has 0 spiro atoms. The second-order valence-electron chi connectivity index (χ2n) is 5.58. The third-order valence-electron chi connectivity index (χ3n) is 3.88. The van der Waals surface area contributed by atoms with E-state index in [-0.39, 0.29) is 0 Å². The first kappa shape index (κ1) is 13.7. The van der Waals surface area contributed by atoms with Crippen LogP contribution in [0, 0.1) is 12.8 Å². The highest BCUT2D eigenvalue weighted by Gasteiger charge is 2.22. The van der Waals surface area contributed by atoms with Gasteiger partial charge < -0.3 is 10.2 Å². The van der Waals surface area contributed by atoms with Crippen molar-refractivity contribution in [3.05, 3.63) is 28.8 Å². The minimum atomic E-state index is 0.466. The Balaban J connectivity index is 1.99. The summed E-state index contributed by atoms with van der Waals surface area (Å²) in [4.78, 5) is 2.42. The lowest BCUT2D eigenvalue weighted by atomic mass is 9.91. The number of aryl methyl sites for hydroxylation is 1. The number of halogens is 1. The van der Waals surface area contributed by atoms with Crippen LogP contribution in [0.25, 0.3) is 0 Å². The molecule has 1 saturated heterocycles. The van der Waals surface area contributed by atoms with E-state index in [0.717, 1.165) is 10.7 Å². The monoisotopic (exact) mass is 266 g/mol. The second kappa shape index (κ2) is 5.94. The van der Waals surface area contributed by atoms with E-state index in [2.05, 4.69) is 43.2 Å². The maximum atomic E-state index is 6.27. The van der Waals surface area contributed by atoms with Gasteiger partial charge in [0.2, 0.25) is 0 Å². The lowest BCUT2D eigenvalue weighted by Crippen LogP contribution is -2.39. The van der Waals surface area contributed by atoms with Crippen LogP contribution in [0.4, 0.5) is 5.69 Å². The van der Waals surface area contributed by atoms with Gasteiger partial charge in [0.25, 0.3) is 0 Å². The summed E-state index contributed by atoms with van der Waals surface area (Å²) in [5, 5.41) is 4.39. The lowest BCUT2D eigenvalue weighted by molar-refractivity contribution is 0.197. The SMILES string of the molecule is Cc1ccc(NC(C)C2CCCN(C)C2)c(Cl)c1. The highest BCUT2D eigenvalue weighted by Crippen LogP contribution is 2.26. The van der Waals surface area contributed by atoms with Gasteiger partial charge >= 0.3 is 0 Å². The molecule has 1 aromatic carbocycles. The van der Waals surface area contributed by atoms with Crippen molar-refractivity contribution in [1.29, 1.82) is 0 Å². The van der Waals surface area contributed by atoms with Crippen molar-refractivity contribution in [2.45, 2.75) is 32.7 Å². The van der Waals surface area contributed by atoms with E-state index >= 15 is 0 Å². The quantitative estimate of drug-likeness (QED) is 0.896. The Morgan fingerprint density at radius 3 is 2.89 bits per heavy atom. The molecule has 2 rings (SSSR count). The van der Waals surface area contributed by atoms with Crippen LogP contribution >= 0.6 is 11.6 Å². The van der Waals surface area contributed by atoms with Gasteiger partial charge in [-0.25, -0.2) is 0 Å². The number of nitrogens with one attached hydrogen (secondary N) is 1. The Morgan fingerprint density at radius 2 is 2.22 bits per heavy atom. The van der Waals surface area contributed by atoms with Crippen LogP contribution in [0.2, 0.25) is 5.02 Å². The first-order chi connectivity index (χ1) is 8.56. The number of piperidine rings is 1. The van der Waals surface area contributed by atoms with Crippen LogP contribution in [-0.4, -0.2) is 31.1 Å². The van der Waals surface area contributed by atoms with E-state index in [4.69, 9.17) is 11.6 Å². The Labute approximate surface area is 115 Å². The molecule has 2 unspecified atom stereocenters. The highest BCUT2D eigenvalue weighted by molar-refractivity contribution is 6.33. The number of rotatable bonds is 3. The lowest BCUT2D eigenvalue weighted by Gasteiger charge is -2.34. The summed E-state index contributed by atoms with van der Waals surface area (Å²) >= 11 is 6.27. The van der Waals surface area contributed by atoms with Crippen molar-refractivity contribution in [1.82, 2.24) is 4.90 Å². The first-order valence-corrected chi connectivity index (χ1v) is 7.15. The van der Waals surface area contributed by atoms with Gasteiger partial charge in [-0.2, -0.15) is 0 Å². The Kier molecular flexibility index (Phi) is 4.52. The molecule has 1 aliphatic rings. The summed E-state index contributed by atoms with van der Waals surface area (Å²) in [7, 11) is 2.21. The summed E-state index contributed by atoms with van der Waals surface area (Å²) in [6.45, 7) is 6.74. The smallest absolute Gasteiger partial charge is 0.0640 e. The summed E-state index contributed by atoms with van der Waals surface area (Å²) in [5.74, 6) is 0.709. The third kappa shape index (κ3) is 3.39. The average Bonchev–Trinajstić information content (AvgIpc) is 2.32. The van der Waals surface area contributed by atoms with E-state index < -0.39 is 0 Å². The minimum absolute atomic E-state index is 0.466. The second-order valence-corrected chi connectivity index (χ2v) is 5.99. The van der Waals surface area contributed by atoms with Gasteiger partial charge in [0, 0.05) is 12.6 Å². The van der Waals surface area contributed by atoms with Crippen molar-refractivity contribution in [2.75, 3.05) is 25.5 Å². The Hall–Kier alpha value is -0.730. The number of benzene rings is 1. The molecule has 0 saturated carbocycles. The van der Waals surface area contributed by atoms with Crippen LogP contribution < -0.4 is 5.32 Å². The Bertz CT molecular complexity index is 405. The zero-order chi connectivity index (χ0) is 13.1. The molecule has 1 fully saturated rings. The van der Waals surface area contributed by atoms with E-state index in [1.54, 1.807) is 0 Å². The van der Waals surface area contributed by atoms with Crippen molar-refractivity contribution in [3.63, 3.8) is 0 Å². The molecule has 0 bridgehead atoms. The number of likely N-dealkylation sites (tertiary alicyclic amines) is 1. The van der Waals surface area contributed by atoms with Crippen molar-refractivity contribution in [2.24, 2.45) is 5.92 Å². The normalized spacial score (nSPS) is 22.8. The fraction of sp³-hybridized carbons (Fsp3) is 0.600. The van der Waals surface area contributed by atoms with Gasteiger partial charge in [0.1, 0.15) is 0 Å². The number of hydrogen-bond acceptors (Lipinski definition) is 2. The summed E-state index contributed by atoms with van der Waals surface area (Å²) in [6.07, 6.45) is 2.61. The van der Waals surface area contributed by atoms with Gasteiger partial charge in [-0.1, -0.05) is 17.7 Å². The topological polar surface area (TPSA) is 15.3 Å². The molecule has 18 heavy (non-hydrogen) atoms. The van der Waals surface area contributed by atoms with Gasteiger partial charge in [0.15, 0.2) is 0 Å². The van der Waals surface area contributed by atoms with Crippen LogP contribution in [0.15, 0.2) is 18.2 Å². The van der Waals surface area contributed by atoms with Crippen LogP contribution in [0.3, 0.4) is 0 Å². The van der Waals surface area contributed by atoms with E-state index in [0.29, 0.717) is 12.0 Å². The third-order valence-corrected chi connectivity index (χ3v) is 4.19. The molecule has 100 valence electrons. The molecule has 1 aromatic rings. The van der Waals surface area contributed by atoms with E-state index in [9.17, 15) is 0 Å². The van der Waals surface area contributed by atoms with Crippen LogP contribution in [0.1, 0.15) is 25.3 Å². The predicted octanol–water partition coefficient (Wildman–Crippen LogP) is 3.79. The molecular formula is C15H23ClN2. The Morgan fingerprint density at radius 1 is 1.44 bits per heavy atom. The molecule has 1 N–H and O–H groups in total. The van der Waals surface area contributed by atoms with Crippen molar-refractivity contribution < 1.29 is 0 Å². The number of anilines is 1. The van der Waals surface area contributed by atoms with Gasteiger partial charge in [-0.15, -0.1) is 0 Å². The molecule has 2 atom stereocenters. The molecule has 0 aromatic heterocycles. The highest BCUT2D eigenvalue weighted by atomic mass is 35.5. The minimum Gasteiger partial charge on any atom is -0.381 e. The molecule has 1 aliphatic heterocycles. The maximum absolute atomic E-state index is 6.27. The number of nitrogens with zero attached hydrogens (tertiary/aromatic N) is 1. The number of hydrogen-bond donors (Lipinski definition) is 1. The van der Waals surface area contributed by atoms with E-state index in [1.165, 1.54) is 31.5 Å². The van der Waals surface area contributed by atoms with Gasteiger partial charge in [0.05, 0.1) is 10.7 Å². The molecule has 0 aliphatic carbocycles. The van der Waals surface area contributed by atoms with Crippen molar-refractivity contribution >= 4 is 17.3 Å². The van der Waals surface area contributed by atoms with Crippen LogP contribution in [0.5, 0.6) is 0 Å². The molecule has 3 heteroatoms. The largest absolute Gasteiger partial charge is 0.381 e.